The molecule has 1 heterocycles. The molecule has 1 unspecified atom stereocenters. The smallest absolute Gasteiger partial charge is 0.318 e. The van der Waals surface area contributed by atoms with Gasteiger partial charge in [0.25, 0.3) is 0 Å². The number of hydrogen-bond acceptors (Lipinski definition) is 4. The highest BCUT2D eigenvalue weighted by Gasteiger charge is 2.31. The minimum absolute atomic E-state index is 0.112. The van der Waals surface area contributed by atoms with Gasteiger partial charge in [-0.05, 0) is 43.5 Å². The van der Waals surface area contributed by atoms with Crippen molar-refractivity contribution in [2.45, 2.75) is 26.2 Å². The number of hydrogen-bond donors (Lipinski definition) is 3. The Kier molecular flexibility index (Phi) is 6.98. The number of carbonyl (C=O) groups is 2. The van der Waals surface area contributed by atoms with E-state index >= 15 is 0 Å². The maximum atomic E-state index is 12.5. The fourth-order valence-electron chi connectivity index (χ4n) is 2.87. The summed E-state index contributed by atoms with van der Waals surface area (Å²) in [5, 5.41) is 7.91. The third-order valence-corrected chi connectivity index (χ3v) is 6.29. The second-order valence-corrected chi connectivity index (χ2v) is 8.37. The number of nitrogens with zero attached hydrogens (tertiary/aromatic N) is 1. The Morgan fingerprint density at radius 2 is 1.77 bits per heavy atom. The Labute approximate surface area is 154 Å². The van der Waals surface area contributed by atoms with Crippen molar-refractivity contribution in [1.82, 2.24) is 9.62 Å². The van der Waals surface area contributed by atoms with Crippen molar-refractivity contribution < 1.29 is 18.0 Å². The summed E-state index contributed by atoms with van der Waals surface area (Å²) in [5.41, 5.74) is 1.21. The first-order valence-corrected chi connectivity index (χ1v) is 10.3. The largest absolute Gasteiger partial charge is 0.341 e. The van der Waals surface area contributed by atoms with E-state index in [-0.39, 0.29) is 30.2 Å². The van der Waals surface area contributed by atoms with Gasteiger partial charge in [0, 0.05) is 31.5 Å². The molecule has 1 aliphatic rings. The third kappa shape index (κ3) is 5.43. The molecule has 0 aliphatic carbocycles. The lowest BCUT2D eigenvalue weighted by Crippen LogP contribution is -2.44. The first kappa shape index (κ1) is 20.2. The molecule has 3 N–H and O–H groups in total. The highest BCUT2D eigenvalue weighted by atomic mass is 32.2. The first-order chi connectivity index (χ1) is 12.4. The van der Waals surface area contributed by atoms with Gasteiger partial charge in [-0.3, -0.25) is 4.79 Å². The molecule has 0 saturated carbocycles. The van der Waals surface area contributed by atoms with Crippen LogP contribution in [0.3, 0.4) is 0 Å². The minimum atomic E-state index is -3.29. The van der Waals surface area contributed by atoms with Gasteiger partial charge in [0.1, 0.15) is 0 Å². The number of urea groups is 1. The molecule has 9 heteroatoms. The van der Waals surface area contributed by atoms with E-state index in [0.29, 0.717) is 37.2 Å². The van der Waals surface area contributed by atoms with Gasteiger partial charge in [0.15, 0.2) is 0 Å². The van der Waals surface area contributed by atoms with Gasteiger partial charge >= 0.3 is 6.03 Å². The normalized spacial score (nSPS) is 18.2. The molecule has 8 nitrogen and oxygen atoms in total. The van der Waals surface area contributed by atoms with Crippen LogP contribution < -0.4 is 16.0 Å². The average Bonchev–Trinajstić information content (AvgIpc) is 2.63. The van der Waals surface area contributed by atoms with Crippen LogP contribution >= 0.6 is 0 Å². The van der Waals surface area contributed by atoms with Gasteiger partial charge in [-0.15, -0.1) is 0 Å². The third-order valence-electron chi connectivity index (χ3n) is 4.25. The van der Waals surface area contributed by atoms with Gasteiger partial charge in [-0.25, -0.2) is 17.5 Å². The molecule has 26 heavy (non-hydrogen) atoms. The van der Waals surface area contributed by atoms with Crippen LogP contribution in [0.15, 0.2) is 24.3 Å². The van der Waals surface area contributed by atoms with Crippen molar-refractivity contribution in [3.05, 3.63) is 24.3 Å². The molecule has 1 atom stereocenters. The molecule has 1 aromatic carbocycles. The molecular weight excluding hydrogens is 356 g/mol. The summed E-state index contributed by atoms with van der Waals surface area (Å²) in [7, 11) is -1.76. The minimum Gasteiger partial charge on any atom is -0.341 e. The fraction of sp³-hybridized carbons (Fsp3) is 0.529. The molecular formula is C17H26N4O4S. The number of anilines is 2. The Hall–Kier alpha value is -2.13. The monoisotopic (exact) mass is 382 g/mol. The molecule has 144 valence electrons. The van der Waals surface area contributed by atoms with E-state index in [1.54, 1.807) is 24.3 Å². The molecule has 0 spiro atoms. The van der Waals surface area contributed by atoms with Gasteiger partial charge in [-0.2, -0.15) is 0 Å². The SMILES string of the molecule is CCCS(=O)(=O)N1CCCC(C(=O)Nc2ccc(NC(=O)NC)cc2)C1. The van der Waals surface area contributed by atoms with Crippen LogP contribution in [-0.2, 0) is 14.8 Å². The lowest BCUT2D eigenvalue weighted by atomic mass is 9.98. The van der Waals surface area contributed by atoms with Crippen LogP contribution in [0.4, 0.5) is 16.2 Å². The molecule has 3 amide bonds. The fourth-order valence-corrected chi connectivity index (χ4v) is 4.46. The van der Waals surface area contributed by atoms with Crippen LogP contribution in [0.1, 0.15) is 26.2 Å². The Morgan fingerprint density at radius 1 is 1.15 bits per heavy atom. The Morgan fingerprint density at radius 3 is 2.35 bits per heavy atom. The Balaban J connectivity index is 1.95. The Bertz CT molecular complexity index is 734. The highest BCUT2D eigenvalue weighted by Crippen LogP contribution is 2.22. The molecule has 2 rings (SSSR count). The lowest BCUT2D eigenvalue weighted by molar-refractivity contribution is -0.120. The summed E-state index contributed by atoms with van der Waals surface area (Å²) in [6, 6.07) is 6.43. The zero-order chi connectivity index (χ0) is 19.2. The summed E-state index contributed by atoms with van der Waals surface area (Å²) >= 11 is 0. The number of carbonyl (C=O) groups excluding carboxylic acids is 2. The average molecular weight is 382 g/mol. The van der Waals surface area contributed by atoms with Crippen LogP contribution in [0, 0.1) is 5.92 Å². The molecule has 1 fully saturated rings. The van der Waals surface area contributed by atoms with Crippen LogP contribution in [0.5, 0.6) is 0 Å². The van der Waals surface area contributed by atoms with E-state index in [4.69, 9.17) is 0 Å². The molecule has 1 aromatic rings. The van der Waals surface area contributed by atoms with Crippen molar-refractivity contribution in [2.24, 2.45) is 5.92 Å². The topological polar surface area (TPSA) is 108 Å². The van der Waals surface area contributed by atoms with Crippen molar-refractivity contribution in [3.8, 4) is 0 Å². The van der Waals surface area contributed by atoms with Crippen molar-refractivity contribution in [2.75, 3.05) is 36.5 Å². The van der Waals surface area contributed by atoms with Crippen molar-refractivity contribution >= 4 is 33.3 Å². The lowest BCUT2D eigenvalue weighted by Gasteiger charge is -2.31. The standard InChI is InChI=1S/C17H26N4O4S/c1-3-11-26(24,25)21-10-4-5-13(12-21)16(22)19-14-6-8-15(9-7-14)20-17(23)18-2/h6-9,13H,3-5,10-12H2,1-2H3,(H,19,22)(H2,18,20,23). The van der Waals surface area contributed by atoms with Gasteiger partial charge < -0.3 is 16.0 Å². The number of sulfonamides is 1. The molecule has 1 saturated heterocycles. The van der Waals surface area contributed by atoms with Crippen molar-refractivity contribution in [3.63, 3.8) is 0 Å². The summed E-state index contributed by atoms with van der Waals surface area (Å²) < 4.78 is 25.9. The summed E-state index contributed by atoms with van der Waals surface area (Å²) in [4.78, 5) is 23.8. The quantitative estimate of drug-likeness (QED) is 0.697. The van der Waals surface area contributed by atoms with Gasteiger partial charge in [-0.1, -0.05) is 6.92 Å². The van der Waals surface area contributed by atoms with Crippen molar-refractivity contribution in [1.29, 1.82) is 0 Å². The number of nitrogens with one attached hydrogen (secondary N) is 3. The van der Waals surface area contributed by atoms with E-state index in [1.807, 2.05) is 6.92 Å². The highest BCUT2D eigenvalue weighted by molar-refractivity contribution is 7.89. The zero-order valence-electron chi connectivity index (χ0n) is 15.1. The van der Waals surface area contributed by atoms with E-state index < -0.39 is 10.0 Å². The molecule has 1 aliphatic heterocycles. The van der Waals surface area contributed by atoms with Crippen LogP contribution in [0.25, 0.3) is 0 Å². The maximum absolute atomic E-state index is 12.5. The summed E-state index contributed by atoms with van der Waals surface area (Å²) in [6.45, 7) is 2.53. The molecule has 0 aromatic heterocycles. The van der Waals surface area contributed by atoms with Crippen LogP contribution in [-0.4, -0.2) is 50.6 Å². The number of benzene rings is 1. The molecule has 0 bridgehead atoms. The summed E-state index contributed by atoms with van der Waals surface area (Å²) in [6.07, 6.45) is 1.91. The predicted octanol–water partition coefficient (Wildman–Crippen LogP) is 1.83. The number of piperidine rings is 1. The maximum Gasteiger partial charge on any atom is 0.318 e. The van der Waals surface area contributed by atoms with E-state index in [9.17, 15) is 18.0 Å². The van der Waals surface area contributed by atoms with Gasteiger partial charge in [0.2, 0.25) is 15.9 Å². The van der Waals surface area contributed by atoms with Gasteiger partial charge in [0.05, 0.1) is 11.7 Å². The number of amides is 3. The van der Waals surface area contributed by atoms with E-state index in [2.05, 4.69) is 16.0 Å². The second kappa shape index (κ2) is 9.00. The van der Waals surface area contributed by atoms with E-state index in [0.717, 1.165) is 0 Å². The first-order valence-electron chi connectivity index (χ1n) is 8.73. The predicted molar refractivity (Wildman–Crippen MR) is 102 cm³/mol. The molecule has 0 radical (unpaired) electrons. The van der Waals surface area contributed by atoms with E-state index in [1.165, 1.54) is 11.4 Å². The zero-order valence-corrected chi connectivity index (χ0v) is 15.9. The number of rotatable bonds is 6. The summed E-state index contributed by atoms with van der Waals surface area (Å²) in [5.74, 6) is -0.436. The second-order valence-electron chi connectivity index (χ2n) is 6.28. The van der Waals surface area contributed by atoms with Crippen LogP contribution in [0.2, 0.25) is 0 Å².